The van der Waals surface area contributed by atoms with Gasteiger partial charge in [-0.15, -0.1) is 0 Å². The maximum absolute atomic E-state index is 6.18. The highest BCUT2D eigenvalue weighted by Crippen LogP contribution is 2.74. The third-order valence-corrected chi connectivity index (χ3v) is 11.1. The van der Waals surface area contributed by atoms with E-state index in [0.717, 1.165) is 48.7 Å². The molecule has 0 bridgehead atoms. The summed E-state index contributed by atoms with van der Waals surface area (Å²) < 4.78 is 12.4. The molecule has 0 radical (unpaired) electrons. The van der Waals surface area contributed by atoms with Crippen molar-refractivity contribution in [2.45, 2.75) is 84.3 Å². The summed E-state index contributed by atoms with van der Waals surface area (Å²) in [6.07, 6.45) is 13.4. The van der Waals surface area contributed by atoms with Crippen LogP contribution in [0.1, 0.15) is 78.6 Å². The van der Waals surface area contributed by atoms with Gasteiger partial charge in [0.05, 0.1) is 13.2 Å². The molecule has 2 unspecified atom stereocenters. The number of rotatable bonds is 1. The van der Waals surface area contributed by atoms with Gasteiger partial charge in [-0.05, 0) is 111 Å². The molecule has 6 fully saturated rings. The summed E-state index contributed by atoms with van der Waals surface area (Å²) in [7, 11) is 0. The second-order valence-corrected chi connectivity index (χ2v) is 11.6. The SMILES string of the molecule is CC1([C@H]2CC[C@H]3[C@@H]4CC[C@H]5CCC6CC6[C@]5(C)[C@H]4CC[C@]23C)OCCO1. The third-order valence-electron chi connectivity index (χ3n) is 11.1. The molecule has 1 saturated heterocycles. The fourth-order valence-electron chi connectivity index (χ4n) is 9.84. The van der Waals surface area contributed by atoms with Gasteiger partial charge in [-0.1, -0.05) is 13.8 Å². The van der Waals surface area contributed by atoms with E-state index in [-0.39, 0.29) is 5.79 Å². The molecule has 0 amide bonds. The van der Waals surface area contributed by atoms with Gasteiger partial charge in [0.15, 0.2) is 5.79 Å². The Morgan fingerprint density at radius 3 is 2.31 bits per heavy atom. The van der Waals surface area contributed by atoms with Crippen molar-refractivity contribution in [2.75, 3.05) is 13.2 Å². The van der Waals surface area contributed by atoms with Crippen molar-refractivity contribution in [3.05, 3.63) is 0 Å². The molecule has 1 aliphatic heterocycles. The van der Waals surface area contributed by atoms with Crippen LogP contribution in [0.3, 0.4) is 0 Å². The van der Waals surface area contributed by atoms with Crippen molar-refractivity contribution in [3.63, 3.8) is 0 Å². The molecule has 0 N–H and O–H groups in total. The van der Waals surface area contributed by atoms with Crippen LogP contribution in [0.5, 0.6) is 0 Å². The Hall–Kier alpha value is -0.0800. The van der Waals surface area contributed by atoms with Gasteiger partial charge in [0.2, 0.25) is 0 Å². The molecular weight excluding hydrogens is 320 g/mol. The van der Waals surface area contributed by atoms with Crippen molar-refractivity contribution in [2.24, 2.45) is 52.3 Å². The lowest BCUT2D eigenvalue weighted by Gasteiger charge is -2.61. The van der Waals surface area contributed by atoms with Crippen LogP contribution in [0.25, 0.3) is 0 Å². The van der Waals surface area contributed by atoms with E-state index >= 15 is 0 Å². The first-order valence-corrected chi connectivity index (χ1v) is 11.7. The standard InChI is InChI=1S/C24H38O2/c1-22-11-10-19-17(7-6-16-5-4-15-14-20(15)23(16,19)2)18(22)8-9-21(22)24(3)25-12-13-26-24/h15-21H,4-14H2,1-3H3/t15?,16-,17+,18+,19+,20?,21+,22+,23+/m1/s1. The topological polar surface area (TPSA) is 18.5 Å². The molecule has 0 aromatic rings. The summed E-state index contributed by atoms with van der Waals surface area (Å²) >= 11 is 0. The van der Waals surface area contributed by atoms with E-state index in [1.54, 1.807) is 19.3 Å². The third kappa shape index (κ3) is 1.97. The predicted octanol–water partition coefficient (Wildman–Crippen LogP) is 5.65. The summed E-state index contributed by atoms with van der Waals surface area (Å²) in [6, 6.07) is 0. The van der Waals surface area contributed by atoms with Crippen LogP contribution in [0.15, 0.2) is 0 Å². The van der Waals surface area contributed by atoms with Gasteiger partial charge in [-0.25, -0.2) is 0 Å². The summed E-state index contributed by atoms with van der Waals surface area (Å²) in [5.41, 5.74) is 1.14. The van der Waals surface area contributed by atoms with Crippen LogP contribution in [-0.2, 0) is 9.47 Å². The minimum Gasteiger partial charge on any atom is -0.348 e. The van der Waals surface area contributed by atoms with Crippen LogP contribution in [0.4, 0.5) is 0 Å². The largest absolute Gasteiger partial charge is 0.348 e. The Bertz CT molecular complexity index is 595. The van der Waals surface area contributed by atoms with Crippen LogP contribution < -0.4 is 0 Å². The Labute approximate surface area is 159 Å². The highest BCUT2D eigenvalue weighted by molar-refractivity contribution is 5.15. The van der Waals surface area contributed by atoms with Gasteiger partial charge in [-0.3, -0.25) is 0 Å². The van der Waals surface area contributed by atoms with Crippen molar-refractivity contribution in [3.8, 4) is 0 Å². The zero-order chi connectivity index (χ0) is 17.7. The molecule has 0 aromatic carbocycles. The van der Waals surface area contributed by atoms with Gasteiger partial charge in [0, 0.05) is 5.92 Å². The van der Waals surface area contributed by atoms with Crippen molar-refractivity contribution < 1.29 is 9.47 Å². The normalized spacial score (nSPS) is 59.9. The molecule has 26 heavy (non-hydrogen) atoms. The fraction of sp³-hybridized carbons (Fsp3) is 1.00. The molecule has 6 rings (SSSR count). The Balaban J connectivity index is 1.31. The van der Waals surface area contributed by atoms with E-state index in [4.69, 9.17) is 9.47 Å². The maximum atomic E-state index is 6.18. The molecule has 0 aromatic heterocycles. The van der Waals surface area contributed by atoms with Crippen LogP contribution in [-0.4, -0.2) is 19.0 Å². The fourth-order valence-corrected chi connectivity index (χ4v) is 9.84. The summed E-state index contributed by atoms with van der Waals surface area (Å²) in [5.74, 6) is 6.49. The van der Waals surface area contributed by atoms with E-state index < -0.39 is 0 Å². The smallest absolute Gasteiger partial charge is 0.169 e. The van der Waals surface area contributed by atoms with Crippen LogP contribution in [0, 0.1) is 52.3 Å². The Kier molecular flexibility index (Phi) is 3.43. The molecule has 2 heteroatoms. The molecule has 6 aliphatic rings. The molecule has 2 nitrogen and oxygen atoms in total. The lowest BCUT2D eigenvalue weighted by Crippen LogP contribution is -2.55. The van der Waals surface area contributed by atoms with Crippen LogP contribution >= 0.6 is 0 Å². The lowest BCUT2D eigenvalue weighted by atomic mass is 9.44. The highest BCUT2D eigenvalue weighted by Gasteiger charge is 2.67. The Morgan fingerprint density at radius 1 is 0.731 bits per heavy atom. The number of hydrogen-bond donors (Lipinski definition) is 0. The molecule has 5 saturated carbocycles. The average molecular weight is 359 g/mol. The van der Waals surface area contributed by atoms with Gasteiger partial charge >= 0.3 is 0 Å². The molecule has 146 valence electrons. The van der Waals surface area contributed by atoms with E-state index in [0.29, 0.717) is 16.7 Å². The van der Waals surface area contributed by atoms with E-state index in [1.165, 1.54) is 38.5 Å². The average Bonchev–Trinajstić information content (AvgIpc) is 3.16. The number of hydrogen-bond acceptors (Lipinski definition) is 2. The Morgan fingerprint density at radius 2 is 1.50 bits per heavy atom. The van der Waals surface area contributed by atoms with Gasteiger partial charge in [-0.2, -0.15) is 0 Å². The van der Waals surface area contributed by atoms with Crippen molar-refractivity contribution in [1.82, 2.24) is 0 Å². The second-order valence-electron chi connectivity index (χ2n) is 11.6. The first-order chi connectivity index (χ1) is 12.5. The second kappa shape index (κ2) is 5.29. The zero-order valence-electron chi connectivity index (χ0n) is 17.1. The monoisotopic (exact) mass is 358 g/mol. The number of fused-ring (bicyclic) bond motifs is 7. The van der Waals surface area contributed by atoms with E-state index in [1.807, 2.05) is 0 Å². The summed E-state index contributed by atoms with van der Waals surface area (Å²) in [4.78, 5) is 0. The van der Waals surface area contributed by atoms with E-state index in [2.05, 4.69) is 20.8 Å². The van der Waals surface area contributed by atoms with Gasteiger partial charge < -0.3 is 9.47 Å². The van der Waals surface area contributed by atoms with Gasteiger partial charge in [0.25, 0.3) is 0 Å². The quantitative estimate of drug-likeness (QED) is 0.602. The first-order valence-electron chi connectivity index (χ1n) is 11.7. The highest BCUT2D eigenvalue weighted by atomic mass is 16.7. The lowest BCUT2D eigenvalue weighted by molar-refractivity contribution is -0.218. The first kappa shape index (κ1) is 16.8. The van der Waals surface area contributed by atoms with Crippen molar-refractivity contribution in [1.29, 1.82) is 0 Å². The van der Waals surface area contributed by atoms with E-state index in [9.17, 15) is 0 Å². The van der Waals surface area contributed by atoms with Gasteiger partial charge in [0.1, 0.15) is 0 Å². The van der Waals surface area contributed by atoms with Crippen molar-refractivity contribution >= 4 is 0 Å². The molecule has 1 heterocycles. The minimum absolute atomic E-state index is 0.302. The molecular formula is C24H38O2. The molecule has 0 spiro atoms. The molecule has 5 aliphatic carbocycles. The number of ether oxygens (including phenoxy) is 2. The maximum Gasteiger partial charge on any atom is 0.169 e. The summed E-state index contributed by atoms with van der Waals surface area (Å²) in [6.45, 7) is 9.21. The summed E-state index contributed by atoms with van der Waals surface area (Å²) in [5, 5.41) is 0. The van der Waals surface area contributed by atoms with Crippen LogP contribution in [0.2, 0.25) is 0 Å². The zero-order valence-corrected chi connectivity index (χ0v) is 17.1. The minimum atomic E-state index is -0.302. The molecule has 9 atom stereocenters. The predicted molar refractivity (Wildman–Crippen MR) is 103 cm³/mol.